The molecular formula is C10H19NO3. The average molecular weight is 201 g/mol. The first-order chi connectivity index (χ1) is 6.60. The number of nitrogens with two attached hydrogens (primary N) is 1. The van der Waals surface area contributed by atoms with Crippen LogP contribution in [0.4, 0.5) is 0 Å². The molecule has 0 radical (unpaired) electrons. The van der Waals surface area contributed by atoms with Crippen LogP contribution in [-0.2, 0) is 9.47 Å². The number of rotatable bonds is 2. The van der Waals surface area contributed by atoms with E-state index in [2.05, 4.69) is 0 Å². The fourth-order valence-electron chi connectivity index (χ4n) is 2.51. The third-order valence-electron chi connectivity index (χ3n) is 3.76. The molecule has 14 heavy (non-hydrogen) atoms. The molecule has 82 valence electrons. The van der Waals surface area contributed by atoms with Crippen molar-refractivity contribution in [1.29, 1.82) is 0 Å². The predicted molar refractivity (Wildman–Crippen MR) is 52.0 cm³/mol. The summed E-state index contributed by atoms with van der Waals surface area (Å²) < 4.78 is 10.4. The Bertz CT molecular complexity index is 207. The topological polar surface area (TPSA) is 64.7 Å². The molecule has 0 spiro atoms. The number of hydrogen-bond donors (Lipinski definition) is 2. The molecule has 1 heterocycles. The SMILES string of the molecule is COC1CC(N)(C2(O)CCOCC2)C1. The molecule has 1 aliphatic heterocycles. The third kappa shape index (κ3) is 1.46. The lowest BCUT2D eigenvalue weighted by atomic mass is 9.62. The molecule has 0 amide bonds. The zero-order chi connectivity index (χ0) is 10.2. The van der Waals surface area contributed by atoms with Crippen LogP contribution in [0.25, 0.3) is 0 Å². The third-order valence-corrected chi connectivity index (χ3v) is 3.76. The second-order valence-corrected chi connectivity index (χ2v) is 4.57. The first-order valence-electron chi connectivity index (χ1n) is 5.21. The van der Waals surface area contributed by atoms with Crippen molar-refractivity contribution in [3.8, 4) is 0 Å². The zero-order valence-electron chi connectivity index (χ0n) is 8.66. The summed E-state index contributed by atoms with van der Waals surface area (Å²) in [5.74, 6) is 0. The molecule has 0 aromatic rings. The summed E-state index contributed by atoms with van der Waals surface area (Å²) in [5.41, 5.74) is 5.01. The Morgan fingerprint density at radius 2 is 1.93 bits per heavy atom. The average Bonchev–Trinajstić information content (AvgIpc) is 2.14. The van der Waals surface area contributed by atoms with Gasteiger partial charge in [0.2, 0.25) is 0 Å². The maximum absolute atomic E-state index is 10.4. The summed E-state index contributed by atoms with van der Waals surface area (Å²) in [6.07, 6.45) is 3.06. The van der Waals surface area contributed by atoms with Gasteiger partial charge in [0.25, 0.3) is 0 Å². The van der Waals surface area contributed by atoms with Crippen LogP contribution in [0.2, 0.25) is 0 Å². The van der Waals surface area contributed by atoms with Crippen molar-refractivity contribution in [3.63, 3.8) is 0 Å². The molecule has 0 aromatic heterocycles. The largest absolute Gasteiger partial charge is 0.388 e. The van der Waals surface area contributed by atoms with Gasteiger partial charge in [-0.3, -0.25) is 0 Å². The standard InChI is InChI=1S/C10H19NO3/c1-13-8-6-9(11,7-8)10(12)2-4-14-5-3-10/h8,12H,2-7,11H2,1H3. The summed E-state index contributed by atoms with van der Waals surface area (Å²) in [6, 6.07) is 0. The molecular weight excluding hydrogens is 182 g/mol. The monoisotopic (exact) mass is 201 g/mol. The lowest BCUT2D eigenvalue weighted by Crippen LogP contribution is -2.70. The van der Waals surface area contributed by atoms with Crippen molar-refractivity contribution < 1.29 is 14.6 Å². The minimum atomic E-state index is -0.736. The second kappa shape index (κ2) is 3.45. The predicted octanol–water partition coefficient (Wildman–Crippen LogP) is 0.0342. The van der Waals surface area contributed by atoms with Gasteiger partial charge in [-0.2, -0.15) is 0 Å². The molecule has 1 saturated heterocycles. The summed E-state index contributed by atoms with van der Waals surface area (Å²) in [7, 11) is 1.69. The van der Waals surface area contributed by atoms with Crippen LogP contribution in [0.5, 0.6) is 0 Å². The highest BCUT2D eigenvalue weighted by Gasteiger charge is 2.55. The van der Waals surface area contributed by atoms with Gasteiger partial charge < -0.3 is 20.3 Å². The van der Waals surface area contributed by atoms with Gasteiger partial charge in [-0.05, 0) is 12.8 Å². The smallest absolute Gasteiger partial charge is 0.0872 e. The maximum Gasteiger partial charge on any atom is 0.0872 e. The molecule has 0 unspecified atom stereocenters. The van der Waals surface area contributed by atoms with E-state index in [1.54, 1.807) is 7.11 Å². The second-order valence-electron chi connectivity index (χ2n) is 4.57. The quantitative estimate of drug-likeness (QED) is 0.662. The van der Waals surface area contributed by atoms with Crippen molar-refractivity contribution in [2.75, 3.05) is 20.3 Å². The van der Waals surface area contributed by atoms with Crippen LogP contribution in [0.15, 0.2) is 0 Å². The van der Waals surface area contributed by atoms with E-state index < -0.39 is 11.1 Å². The van der Waals surface area contributed by atoms with E-state index in [0.29, 0.717) is 26.1 Å². The highest BCUT2D eigenvalue weighted by atomic mass is 16.5. The van der Waals surface area contributed by atoms with Crippen molar-refractivity contribution >= 4 is 0 Å². The normalized spacial score (nSPS) is 41.8. The summed E-state index contributed by atoms with van der Waals surface area (Å²) >= 11 is 0. The van der Waals surface area contributed by atoms with Gasteiger partial charge in [0, 0.05) is 38.7 Å². The van der Waals surface area contributed by atoms with Crippen LogP contribution in [0, 0.1) is 0 Å². The Labute approximate surface area is 84.4 Å². The fourth-order valence-corrected chi connectivity index (χ4v) is 2.51. The number of methoxy groups -OCH3 is 1. The van der Waals surface area contributed by atoms with Gasteiger partial charge in [0.1, 0.15) is 0 Å². The fraction of sp³-hybridized carbons (Fsp3) is 1.00. The molecule has 0 bridgehead atoms. The molecule has 4 heteroatoms. The van der Waals surface area contributed by atoms with Crippen molar-refractivity contribution in [3.05, 3.63) is 0 Å². The molecule has 2 fully saturated rings. The zero-order valence-corrected chi connectivity index (χ0v) is 8.66. The van der Waals surface area contributed by atoms with E-state index in [4.69, 9.17) is 15.2 Å². The Hall–Kier alpha value is -0.160. The van der Waals surface area contributed by atoms with Crippen LogP contribution in [0.1, 0.15) is 25.7 Å². The van der Waals surface area contributed by atoms with Crippen molar-refractivity contribution in [2.45, 2.75) is 42.9 Å². The molecule has 0 aromatic carbocycles. The van der Waals surface area contributed by atoms with Gasteiger partial charge in [0.15, 0.2) is 0 Å². The highest BCUT2D eigenvalue weighted by Crippen LogP contribution is 2.44. The summed E-state index contributed by atoms with van der Waals surface area (Å²) in [6.45, 7) is 1.24. The van der Waals surface area contributed by atoms with Gasteiger partial charge in [-0.1, -0.05) is 0 Å². The molecule has 0 atom stereocenters. The van der Waals surface area contributed by atoms with Gasteiger partial charge in [-0.25, -0.2) is 0 Å². The maximum atomic E-state index is 10.4. The molecule has 2 rings (SSSR count). The Kier molecular flexibility index (Phi) is 2.55. The van der Waals surface area contributed by atoms with E-state index in [-0.39, 0.29) is 6.10 Å². The minimum absolute atomic E-state index is 0.229. The molecule has 1 aliphatic carbocycles. The molecule has 1 saturated carbocycles. The van der Waals surface area contributed by atoms with E-state index >= 15 is 0 Å². The lowest BCUT2D eigenvalue weighted by molar-refractivity contribution is -0.164. The minimum Gasteiger partial charge on any atom is -0.388 e. The van der Waals surface area contributed by atoms with E-state index in [1.807, 2.05) is 0 Å². The van der Waals surface area contributed by atoms with E-state index in [9.17, 15) is 5.11 Å². The van der Waals surface area contributed by atoms with Crippen LogP contribution < -0.4 is 5.73 Å². The van der Waals surface area contributed by atoms with E-state index in [1.165, 1.54) is 0 Å². The van der Waals surface area contributed by atoms with Gasteiger partial charge in [-0.15, -0.1) is 0 Å². The summed E-state index contributed by atoms with van der Waals surface area (Å²) in [5, 5.41) is 10.4. The summed E-state index contributed by atoms with van der Waals surface area (Å²) in [4.78, 5) is 0. The number of hydrogen-bond acceptors (Lipinski definition) is 4. The van der Waals surface area contributed by atoms with Gasteiger partial charge in [0.05, 0.1) is 11.7 Å². The Morgan fingerprint density at radius 3 is 2.43 bits per heavy atom. The van der Waals surface area contributed by atoms with Crippen molar-refractivity contribution in [1.82, 2.24) is 0 Å². The van der Waals surface area contributed by atoms with Crippen LogP contribution in [-0.4, -0.2) is 42.7 Å². The molecule has 2 aliphatic rings. The molecule has 4 nitrogen and oxygen atoms in total. The Balaban J connectivity index is 1.99. The molecule has 3 N–H and O–H groups in total. The highest BCUT2D eigenvalue weighted by molar-refractivity contribution is 5.12. The van der Waals surface area contributed by atoms with E-state index in [0.717, 1.165) is 12.8 Å². The Morgan fingerprint density at radius 1 is 1.36 bits per heavy atom. The lowest BCUT2D eigenvalue weighted by Gasteiger charge is -2.55. The number of ether oxygens (including phenoxy) is 2. The first kappa shape index (κ1) is 10.4. The number of aliphatic hydroxyl groups is 1. The van der Waals surface area contributed by atoms with Gasteiger partial charge >= 0.3 is 0 Å². The van der Waals surface area contributed by atoms with Crippen molar-refractivity contribution in [2.24, 2.45) is 5.73 Å². The van der Waals surface area contributed by atoms with Crippen LogP contribution >= 0.6 is 0 Å². The first-order valence-corrected chi connectivity index (χ1v) is 5.21. The van der Waals surface area contributed by atoms with Crippen LogP contribution in [0.3, 0.4) is 0 Å².